The topological polar surface area (TPSA) is 90.4 Å². The van der Waals surface area contributed by atoms with Crippen molar-refractivity contribution in [1.82, 2.24) is 14.0 Å². The fraction of sp³-hybridized carbons (Fsp3) is 0.263. The van der Waals surface area contributed by atoms with Crippen LogP contribution in [0.25, 0.3) is 11.0 Å². The molecule has 0 unspecified atom stereocenters. The molecule has 0 bridgehead atoms. The molecular formula is C19H19ClN4O4. The van der Waals surface area contributed by atoms with Crippen LogP contribution in [0.2, 0.25) is 5.02 Å². The molecule has 1 amide bonds. The lowest BCUT2D eigenvalue weighted by molar-refractivity contribution is -0.384. The van der Waals surface area contributed by atoms with E-state index in [-0.39, 0.29) is 36.8 Å². The Bertz CT molecular complexity index is 1120. The van der Waals surface area contributed by atoms with Gasteiger partial charge in [0.05, 0.1) is 16.0 Å². The maximum Gasteiger partial charge on any atom is 0.328 e. The van der Waals surface area contributed by atoms with Gasteiger partial charge in [0.25, 0.3) is 5.69 Å². The maximum absolute atomic E-state index is 12.5. The molecule has 0 saturated carbocycles. The summed E-state index contributed by atoms with van der Waals surface area (Å²) < 4.78 is 3.12. The number of carbonyl (C=O) groups excluding carboxylic acids is 1. The molecule has 0 aliphatic heterocycles. The number of nitro groups is 1. The van der Waals surface area contributed by atoms with Crippen LogP contribution in [-0.2, 0) is 24.9 Å². The van der Waals surface area contributed by atoms with E-state index in [1.807, 2.05) is 24.3 Å². The normalized spacial score (nSPS) is 11.0. The molecule has 3 aromatic rings. The standard InChI is InChI=1S/C19H19ClN4O4/c1-21(12-13-11-14(24(27)28)7-8-15(13)20)18(25)9-10-23-17-6-4-3-5-16(17)22(2)19(23)26/h3-8,11H,9-10,12H2,1-2H3. The summed E-state index contributed by atoms with van der Waals surface area (Å²) in [6.07, 6.45) is 0.122. The Morgan fingerprint density at radius 3 is 2.57 bits per heavy atom. The number of aryl methyl sites for hydroxylation is 2. The first-order valence-electron chi connectivity index (χ1n) is 8.60. The first-order valence-corrected chi connectivity index (χ1v) is 8.98. The highest BCUT2D eigenvalue weighted by Crippen LogP contribution is 2.23. The van der Waals surface area contributed by atoms with Gasteiger partial charge in [0.2, 0.25) is 5.91 Å². The van der Waals surface area contributed by atoms with E-state index in [1.165, 1.54) is 23.1 Å². The predicted octanol–water partition coefficient (Wildman–Crippen LogP) is 2.95. The zero-order valence-electron chi connectivity index (χ0n) is 15.5. The van der Waals surface area contributed by atoms with Crippen LogP contribution in [0.3, 0.4) is 0 Å². The largest absolute Gasteiger partial charge is 0.341 e. The Kier molecular flexibility index (Phi) is 5.51. The van der Waals surface area contributed by atoms with E-state index < -0.39 is 4.92 Å². The van der Waals surface area contributed by atoms with Crippen molar-refractivity contribution in [1.29, 1.82) is 0 Å². The number of hydrogen-bond donors (Lipinski definition) is 0. The Hall–Kier alpha value is -3.13. The van der Waals surface area contributed by atoms with Gasteiger partial charge in [-0.2, -0.15) is 0 Å². The average molecular weight is 403 g/mol. The number of nitrogens with zero attached hydrogens (tertiary/aromatic N) is 4. The minimum absolute atomic E-state index is 0.0810. The zero-order valence-corrected chi connectivity index (χ0v) is 16.2. The fourth-order valence-corrected chi connectivity index (χ4v) is 3.29. The van der Waals surface area contributed by atoms with E-state index in [2.05, 4.69) is 0 Å². The molecule has 8 nitrogen and oxygen atoms in total. The van der Waals surface area contributed by atoms with Crippen LogP contribution in [0.5, 0.6) is 0 Å². The number of rotatable bonds is 6. The van der Waals surface area contributed by atoms with E-state index in [0.29, 0.717) is 10.6 Å². The molecule has 2 aromatic carbocycles. The highest BCUT2D eigenvalue weighted by atomic mass is 35.5. The van der Waals surface area contributed by atoms with Crippen LogP contribution in [0.4, 0.5) is 5.69 Å². The van der Waals surface area contributed by atoms with Gasteiger partial charge in [-0.15, -0.1) is 0 Å². The van der Waals surface area contributed by atoms with Crippen molar-refractivity contribution in [3.05, 3.63) is 73.6 Å². The summed E-state index contributed by atoms with van der Waals surface area (Å²) >= 11 is 6.10. The molecular weight excluding hydrogens is 384 g/mol. The van der Waals surface area contributed by atoms with E-state index in [4.69, 9.17) is 11.6 Å². The monoisotopic (exact) mass is 402 g/mol. The third kappa shape index (κ3) is 3.77. The van der Waals surface area contributed by atoms with Crippen LogP contribution in [0.15, 0.2) is 47.3 Å². The van der Waals surface area contributed by atoms with Crippen LogP contribution in [0.1, 0.15) is 12.0 Å². The molecule has 0 aliphatic rings. The summed E-state index contributed by atoms with van der Waals surface area (Å²) in [5.41, 5.74) is 1.80. The lowest BCUT2D eigenvalue weighted by atomic mass is 10.2. The Morgan fingerprint density at radius 2 is 1.89 bits per heavy atom. The van der Waals surface area contributed by atoms with Crippen LogP contribution < -0.4 is 5.69 Å². The summed E-state index contributed by atoms with van der Waals surface area (Å²) in [5.74, 6) is -0.192. The van der Waals surface area contributed by atoms with Gasteiger partial charge in [0, 0.05) is 50.8 Å². The molecule has 0 N–H and O–H groups in total. The second-order valence-corrected chi connectivity index (χ2v) is 6.92. The molecule has 0 saturated heterocycles. The summed E-state index contributed by atoms with van der Waals surface area (Å²) in [4.78, 5) is 36.8. The van der Waals surface area contributed by atoms with E-state index in [1.54, 1.807) is 23.2 Å². The van der Waals surface area contributed by atoms with E-state index in [9.17, 15) is 19.7 Å². The van der Waals surface area contributed by atoms with Gasteiger partial charge in [-0.05, 0) is 23.8 Å². The second-order valence-electron chi connectivity index (χ2n) is 6.51. The number of aromatic nitrogens is 2. The zero-order chi connectivity index (χ0) is 20.4. The molecule has 146 valence electrons. The SMILES string of the molecule is CN(Cc1cc([N+](=O)[O-])ccc1Cl)C(=O)CCn1c(=O)n(C)c2ccccc21. The van der Waals surface area contributed by atoms with Crippen molar-refractivity contribution in [2.24, 2.45) is 7.05 Å². The predicted molar refractivity (Wildman–Crippen MR) is 106 cm³/mol. The van der Waals surface area contributed by atoms with Crippen molar-refractivity contribution in [3.63, 3.8) is 0 Å². The lowest BCUT2D eigenvalue weighted by Gasteiger charge is -2.18. The minimum atomic E-state index is -0.505. The van der Waals surface area contributed by atoms with E-state index in [0.717, 1.165) is 11.0 Å². The van der Waals surface area contributed by atoms with Crippen molar-refractivity contribution in [2.45, 2.75) is 19.5 Å². The van der Waals surface area contributed by atoms with Gasteiger partial charge in [-0.1, -0.05) is 23.7 Å². The number of hydrogen-bond acceptors (Lipinski definition) is 4. The van der Waals surface area contributed by atoms with E-state index >= 15 is 0 Å². The number of benzene rings is 2. The molecule has 0 atom stereocenters. The average Bonchev–Trinajstić information content (AvgIpc) is 2.92. The number of nitro benzene ring substituents is 1. The maximum atomic E-state index is 12.5. The van der Waals surface area contributed by atoms with Crippen molar-refractivity contribution >= 4 is 34.2 Å². The molecule has 28 heavy (non-hydrogen) atoms. The van der Waals surface area contributed by atoms with Gasteiger partial charge in [-0.25, -0.2) is 4.79 Å². The molecule has 0 radical (unpaired) electrons. The fourth-order valence-electron chi connectivity index (χ4n) is 3.12. The number of amides is 1. The first-order chi connectivity index (χ1) is 13.3. The quantitative estimate of drug-likeness (QED) is 0.468. The smallest absolute Gasteiger partial charge is 0.328 e. The molecule has 9 heteroatoms. The Balaban J connectivity index is 1.73. The molecule has 1 aromatic heterocycles. The molecule has 3 rings (SSSR count). The van der Waals surface area contributed by atoms with Crippen LogP contribution in [-0.4, -0.2) is 31.9 Å². The number of carbonyl (C=O) groups is 1. The second kappa shape index (κ2) is 7.85. The molecule has 0 fully saturated rings. The van der Waals surface area contributed by atoms with Gasteiger partial charge >= 0.3 is 5.69 Å². The molecule has 1 heterocycles. The number of fused-ring (bicyclic) bond motifs is 1. The summed E-state index contributed by atoms with van der Waals surface area (Å²) in [6.45, 7) is 0.385. The van der Waals surface area contributed by atoms with Gasteiger partial charge in [0.1, 0.15) is 0 Å². The van der Waals surface area contributed by atoms with Crippen molar-refractivity contribution < 1.29 is 9.72 Å². The summed E-state index contributed by atoms with van der Waals surface area (Å²) in [6, 6.07) is 11.5. The summed E-state index contributed by atoms with van der Waals surface area (Å²) in [7, 11) is 3.29. The molecule has 0 spiro atoms. The van der Waals surface area contributed by atoms with Gasteiger partial charge < -0.3 is 4.90 Å². The van der Waals surface area contributed by atoms with Gasteiger partial charge in [0.15, 0.2) is 0 Å². The Morgan fingerprint density at radius 1 is 1.21 bits per heavy atom. The number of non-ortho nitro benzene ring substituents is 1. The van der Waals surface area contributed by atoms with Gasteiger partial charge in [-0.3, -0.25) is 24.0 Å². The molecule has 0 aliphatic carbocycles. The van der Waals surface area contributed by atoms with Crippen LogP contribution in [0, 0.1) is 10.1 Å². The third-order valence-corrected chi connectivity index (χ3v) is 5.04. The van der Waals surface area contributed by atoms with Crippen molar-refractivity contribution in [2.75, 3.05) is 7.05 Å². The first kappa shape index (κ1) is 19.6. The van der Waals surface area contributed by atoms with Crippen LogP contribution >= 0.6 is 11.6 Å². The van der Waals surface area contributed by atoms with Crippen molar-refractivity contribution in [3.8, 4) is 0 Å². The number of imidazole rings is 1. The minimum Gasteiger partial charge on any atom is -0.341 e. The lowest BCUT2D eigenvalue weighted by Crippen LogP contribution is -2.29. The number of halogens is 1. The summed E-state index contributed by atoms with van der Waals surface area (Å²) in [5, 5.41) is 11.3. The third-order valence-electron chi connectivity index (χ3n) is 4.67. The Labute approximate surface area is 165 Å². The highest BCUT2D eigenvalue weighted by molar-refractivity contribution is 6.31. The number of para-hydroxylation sites is 2. The highest BCUT2D eigenvalue weighted by Gasteiger charge is 2.16.